The first-order valence-corrected chi connectivity index (χ1v) is 12.7. The number of rotatable bonds is 16. The molecule has 38 heavy (non-hydrogen) atoms. The fourth-order valence-electron chi connectivity index (χ4n) is 4.92. The topological polar surface area (TPSA) is 190 Å². The predicted octanol–water partition coefficient (Wildman–Crippen LogP) is -4.46. The van der Waals surface area contributed by atoms with Crippen LogP contribution >= 0.6 is 0 Å². The molecule has 0 spiro atoms. The minimum atomic E-state index is -1.50. The minimum Gasteiger partial charge on any atom is -0.544 e. The Labute approximate surface area is 221 Å². The lowest BCUT2D eigenvalue weighted by atomic mass is 9.97. The zero-order valence-electron chi connectivity index (χ0n) is 21.8. The van der Waals surface area contributed by atoms with E-state index >= 15 is 0 Å². The van der Waals surface area contributed by atoms with E-state index in [1.807, 2.05) is 13.8 Å². The Kier molecular flexibility index (Phi) is 11.9. The van der Waals surface area contributed by atoms with Crippen molar-refractivity contribution in [1.29, 1.82) is 0 Å². The highest BCUT2D eigenvalue weighted by molar-refractivity contribution is 5.69. The first kappa shape index (κ1) is 31.0. The highest BCUT2D eigenvalue weighted by atomic mass is 16.4. The van der Waals surface area contributed by atoms with Gasteiger partial charge in [0, 0.05) is 0 Å². The Morgan fingerprint density at radius 1 is 0.842 bits per heavy atom. The van der Waals surface area contributed by atoms with Crippen molar-refractivity contribution in [1.82, 2.24) is 0 Å². The number of quaternary nitrogens is 2. The number of carbonyl (C=O) groups is 2. The number of phenolic OH excluding ortho intramolecular Hbond substituents is 2. The van der Waals surface area contributed by atoms with Gasteiger partial charge < -0.3 is 55.1 Å². The van der Waals surface area contributed by atoms with E-state index < -0.39 is 31.1 Å². The molecule has 2 aromatic carbocycles. The molecule has 0 aromatic heterocycles. The van der Waals surface area contributed by atoms with E-state index in [1.165, 1.54) is 12.1 Å². The minimum absolute atomic E-state index is 0.0166. The van der Waals surface area contributed by atoms with Gasteiger partial charge in [-0.15, -0.1) is 0 Å². The van der Waals surface area contributed by atoms with E-state index in [9.17, 15) is 45.3 Å². The average molecular weight is 535 g/mol. The molecular weight excluding hydrogens is 496 g/mol. The number of nitrogens with one attached hydrogen (secondary N) is 2. The second-order valence-corrected chi connectivity index (χ2v) is 9.34. The molecular formula is C27H38N2O9. The first-order valence-electron chi connectivity index (χ1n) is 12.7. The lowest BCUT2D eigenvalue weighted by Crippen LogP contribution is -3.22. The molecule has 11 heteroatoms. The third kappa shape index (κ3) is 7.89. The number of hydrogen-bond acceptors (Lipinski definition) is 9. The van der Waals surface area contributed by atoms with Crippen molar-refractivity contribution >= 4 is 11.9 Å². The van der Waals surface area contributed by atoms with Crippen molar-refractivity contribution in [2.45, 2.75) is 59.0 Å². The molecule has 2 rings (SSSR count). The smallest absolute Gasteiger partial charge is 0.151 e. The summed E-state index contributed by atoms with van der Waals surface area (Å²) in [5.41, 5.74) is 3.47. The number of aromatic hydroxyl groups is 2. The summed E-state index contributed by atoms with van der Waals surface area (Å²) in [5.74, 6) is -2.97. The van der Waals surface area contributed by atoms with Gasteiger partial charge >= 0.3 is 0 Å². The number of benzene rings is 2. The van der Waals surface area contributed by atoms with Gasteiger partial charge in [-0.3, -0.25) is 0 Å². The van der Waals surface area contributed by atoms with Crippen molar-refractivity contribution in [2.75, 3.05) is 26.2 Å². The summed E-state index contributed by atoms with van der Waals surface area (Å²) in [6.45, 7) is 2.31. The molecule has 2 aromatic rings. The van der Waals surface area contributed by atoms with Gasteiger partial charge in [0.05, 0.1) is 30.3 Å². The fraction of sp³-hybridized carbons (Fsp3) is 0.481. The fourth-order valence-corrected chi connectivity index (χ4v) is 4.92. The normalized spacial score (nSPS) is 13.7. The van der Waals surface area contributed by atoms with Crippen LogP contribution in [0.25, 0.3) is 0 Å². The number of carboxylic acid groups (broad SMARTS) is 2. The third-order valence-corrected chi connectivity index (χ3v) is 6.95. The summed E-state index contributed by atoms with van der Waals surface area (Å²) < 4.78 is 0. The molecule has 210 valence electrons. The highest BCUT2D eigenvalue weighted by Crippen LogP contribution is 2.25. The van der Waals surface area contributed by atoms with Crippen LogP contribution in [-0.2, 0) is 48.7 Å². The van der Waals surface area contributed by atoms with Gasteiger partial charge in [-0.25, -0.2) is 0 Å². The van der Waals surface area contributed by atoms with E-state index in [0.717, 1.165) is 5.56 Å². The molecule has 0 heterocycles. The summed E-state index contributed by atoms with van der Waals surface area (Å²) in [6, 6.07) is 4.81. The number of aliphatic hydroxyl groups excluding tert-OH is 3. The standard InChI is InChI=1S/C27H38N2O9/c1-3-18-9-17(14-30)10-25(34)21(18)11-28(13-26(35)36)7-8-29(23(16-32)27(37)38)12-22-20(4-2)19(15-31)5-6-24(22)33/h5-6,9-10,23,30-34H,3-4,7-8,11-16H2,1-2H3,(H,35,36)(H,37,38)/t23-/m1/s1. The molecule has 0 radical (unpaired) electrons. The van der Waals surface area contributed by atoms with Gasteiger partial charge in [-0.05, 0) is 47.2 Å². The molecule has 11 nitrogen and oxygen atoms in total. The summed E-state index contributed by atoms with van der Waals surface area (Å²) in [4.78, 5) is 24.2. The van der Waals surface area contributed by atoms with Gasteiger partial charge in [0.15, 0.2) is 6.04 Å². The quantitative estimate of drug-likeness (QED) is 0.111. The molecule has 7 N–H and O–H groups in total. The molecule has 0 aliphatic heterocycles. The van der Waals surface area contributed by atoms with E-state index in [0.29, 0.717) is 50.5 Å². The van der Waals surface area contributed by atoms with E-state index in [2.05, 4.69) is 0 Å². The largest absolute Gasteiger partial charge is 0.544 e. The van der Waals surface area contributed by atoms with Gasteiger partial charge in [0.2, 0.25) is 0 Å². The molecule has 0 amide bonds. The van der Waals surface area contributed by atoms with Crippen molar-refractivity contribution in [3.63, 3.8) is 0 Å². The zero-order valence-corrected chi connectivity index (χ0v) is 21.8. The van der Waals surface area contributed by atoms with Crippen LogP contribution in [-0.4, -0.2) is 69.8 Å². The predicted molar refractivity (Wildman–Crippen MR) is 132 cm³/mol. The molecule has 0 saturated heterocycles. The second kappa shape index (κ2) is 14.6. The van der Waals surface area contributed by atoms with Crippen molar-refractivity contribution in [3.05, 3.63) is 57.6 Å². The van der Waals surface area contributed by atoms with Crippen LogP contribution < -0.4 is 20.0 Å². The number of carboxylic acids is 2. The van der Waals surface area contributed by atoms with E-state index in [-0.39, 0.29) is 50.9 Å². The third-order valence-electron chi connectivity index (χ3n) is 6.95. The van der Waals surface area contributed by atoms with Crippen LogP contribution in [0.1, 0.15) is 47.2 Å². The van der Waals surface area contributed by atoms with Crippen LogP contribution in [0.3, 0.4) is 0 Å². The van der Waals surface area contributed by atoms with Crippen LogP contribution in [0, 0.1) is 0 Å². The maximum absolute atomic E-state index is 11.9. The lowest BCUT2D eigenvalue weighted by Gasteiger charge is -2.31. The highest BCUT2D eigenvalue weighted by Gasteiger charge is 2.28. The number of aryl methyl sites for hydroxylation is 1. The lowest BCUT2D eigenvalue weighted by molar-refractivity contribution is -0.977. The number of aliphatic hydroxyl groups is 3. The number of hydrogen-bond donors (Lipinski definition) is 7. The number of phenols is 2. The van der Waals surface area contributed by atoms with Gasteiger partial charge in [-0.2, -0.15) is 0 Å². The maximum Gasteiger partial charge on any atom is 0.151 e. The van der Waals surface area contributed by atoms with Crippen LogP contribution in [0.2, 0.25) is 0 Å². The molecule has 0 bridgehead atoms. The monoisotopic (exact) mass is 534 g/mol. The molecule has 0 saturated carbocycles. The van der Waals surface area contributed by atoms with Crippen LogP contribution in [0.5, 0.6) is 11.5 Å². The number of aliphatic carboxylic acids is 2. The molecule has 0 aliphatic rings. The first-order chi connectivity index (χ1) is 18.1. The Balaban J connectivity index is 2.40. The molecule has 2 unspecified atom stereocenters. The Morgan fingerprint density at radius 3 is 2.08 bits per heavy atom. The Morgan fingerprint density at radius 2 is 1.55 bits per heavy atom. The molecule has 3 atom stereocenters. The van der Waals surface area contributed by atoms with Crippen molar-refractivity contribution in [2.24, 2.45) is 0 Å². The summed E-state index contributed by atoms with van der Waals surface area (Å²) in [5, 5.41) is 73.5. The van der Waals surface area contributed by atoms with Gasteiger partial charge in [-0.1, -0.05) is 26.0 Å². The van der Waals surface area contributed by atoms with Crippen molar-refractivity contribution in [3.8, 4) is 11.5 Å². The maximum atomic E-state index is 11.9. The molecule has 0 fully saturated rings. The Hall–Kier alpha value is -3.22. The Bertz CT molecular complexity index is 1110. The second-order valence-electron chi connectivity index (χ2n) is 9.34. The zero-order chi connectivity index (χ0) is 28.4. The van der Waals surface area contributed by atoms with Gasteiger partial charge in [0.1, 0.15) is 56.8 Å². The summed E-state index contributed by atoms with van der Waals surface area (Å²) in [7, 11) is 0. The average Bonchev–Trinajstić information content (AvgIpc) is 2.88. The summed E-state index contributed by atoms with van der Waals surface area (Å²) >= 11 is 0. The van der Waals surface area contributed by atoms with Gasteiger partial charge in [0.25, 0.3) is 0 Å². The van der Waals surface area contributed by atoms with E-state index in [4.69, 9.17) is 0 Å². The van der Waals surface area contributed by atoms with Crippen LogP contribution in [0.4, 0.5) is 0 Å². The number of carbonyl (C=O) groups excluding carboxylic acids is 2. The summed E-state index contributed by atoms with van der Waals surface area (Å²) in [6.07, 6.45) is 0.997. The van der Waals surface area contributed by atoms with Crippen molar-refractivity contribution < 1.29 is 55.1 Å². The molecule has 0 aliphatic carbocycles. The van der Waals surface area contributed by atoms with Crippen LogP contribution in [0.15, 0.2) is 24.3 Å². The SMILES string of the molecule is CCc1cc(CO)cc(O)c1C[NH+](CC[NH+](Cc1c(O)ccc(CO)c1CC)[C@H](CO)C(=O)[O-])CC(=O)[O-]. The van der Waals surface area contributed by atoms with E-state index in [1.54, 1.807) is 12.1 Å².